The maximum atomic E-state index is 12.7. The number of carbonyl (C=O) groups is 2. The van der Waals surface area contributed by atoms with Crippen LogP contribution in [-0.4, -0.2) is 46.3 Å². The first-order chi connectivity index (χ1) is 12.1. The fourth-order valence-corrected chi connectivity index (χ4v) is 5.68. The minimum atomic E-state index is -0.259. The Morgan fingerprint density at radius 2 is 2.08 bits per heavy atom. The van der Waals surface area contributed by atoms with Gasteiger partial charge in [0, 0.05) is 30.6 Å². The zero-order valence-electron chi connectivity index (χ0n) is 14.4. The zero-order valence-corrected chi connectivity index (χ0v) is 15.2. The summed E-state index contributed by atoms with van der Waals surface area (Å²) in [6, 6.07) is 10.4. The van der Waals surface area contributed by atoms with Gasteiger partial charge in [0.1, 0.15) is 31.2 Å². The molecule has 0 spiro atoms. The van der Waals surface area contributed by atoms with Crippen LogP contribution in [0.2, 0.25) is 0 Å². The number of thioether (sulfide) groups is 1. The van der Waals surface area contributed by atoms with E-state index >= 15 is 0 Å². The van der Waals surface area contributed by atoms with E-state index in [1.165, 1.54) is 17.3 Å². The van der Waals surface area contributed by atoms with Gasteiger partial charge in [0.25, 0.3) is 0 Å². The maximum Gasteiger partial charge on any atom is 0.318 e. The molecule has 1 aromatic rings. The monoisotopic (exact) mass is 362 g/mol. The van der Waals surface area contributed by atoms with Crippen molar-refractivity contribution in [2.45, 2.75) is 50.1 Å². The Morgan fingerprint density at radius 1 is 1.28 bits per heavy atom. The minimum Gasteiger partial charge on any atom is -0.465 e. The van der Waals surface area contributed by atoms with Gasteiger partial charge in [-0.15, -0.1) is 0 Å². The maximum absolute atomic E-state index is 12.7. The summed E-state index contributed by atoms with van der Waals surface area (Å²) in [6.07, 6.45) is 2.46. The normalized spacial score (nSPS) is 37.1. The molecule has 0 radical (unpaired) electrons. The molecule has 4 rings (SSSR count). The fraction of sp³-hybridized carbons (Fsp3) is 0.579. The number of hydrogen-bond donors (Lipinski definition) is 0. The van der Waals surface area contributed by atoms with Crippen LogP contribution in [0.25, 0.3) is 0 Å². The van der Waals surface area contributed by atoms with E-state index in [4.69, 9.17) is 9.57 Å². The predicted octanol–water partition coefficient (Wildman–Crippen LogP) is 2.69. The number of fused-ring (bicyclic) bond motifs is 3. The Labute approximate surface area is 152 Å². The average molecular weight is 362 g/mol. The molecular formula is C19H24NO4S+. The van der Waals surface area contributed by atoms with E-state index in [2.05, 4.69) is 12.1 Å². The molecule has 3 aliphatic heterocycles. The van der Waals surface area contributed by atoms with Crippen LogP contribution in [0.5, 0.6) is 0 Å². The van der Waals surface area contributed by atoms with E-state index in [0.717, 1.165) is 25.9 Å². The molecular weight excluding hydrogens is 338 g/mol. The van der Waals surface area contributed by atoms with Gasteiger partial charge in [-0.2, -0.15) is 9.48 Å². The van der Waals surface area contributed by atoms with Gasteiger partial charge in [-0.05, 0) is 6.42 Å². The lowest BCUT2D eigenvalue weighted by Crippen LogP contribution is -2.48. The smallest absolute Gasteiger partial charge is 0.318 e. The van der Waals surface area contributed by atoms with E-state index < -0.39 is 0 Å². The number of rotatable bonds is 3. The molecule has 3 heterocycles. The summed E-state index contributed by atoms with van der Waals surface area (Å²) >= 11 is 1.30. The Morgan fingerprint density at radius 3 is 2.84 bits per heavy atom. The van der Waals surface area contributed by atoms with Gasteiger partial charge < -0.3 is 4.74 Å². The van der Waals surface area contributed by atoms with Gasteiger partial charge >= 0.3 is 5.97 Å². The second-order valence-corrected chi connectivity index (χ2v) is 8.65. The Kier molecular flexibility index (Phi) is 4.60. The zero-order chi connectivity index (χ0) is 17.4. The van der Waals surface area contributed by atoms with E-state index in [1.54, 1.807) is 6.92 Å². The fourth-order valence-electron chi connectivity index (χ4n) is 4.69. The predicted molar refractivity (Wildman–Crippen MR) is 94.3 cm³/mol. The van der Waals surface area contributed by atoms with Gasteiger partial charge in [-0.25, -0.2) is 0 Å². The molecule has 0 bridgehead atoms. The molecule has 3 saturated heterocycles. The van der Waals surface area contributed by atoms with Gasteiger partial charge in [-0.3, -0.25) is 9.59 Å². The molecule has 3 aliphatic rings. The van der Waals surface area contributed by atoms with E-state index in [0.29, 0.717) is 17.7 Å². The lowest BCUT2D eigenvalue weighted by atomic mass is 9.91. The van der Waals surface area contributed by atoms with Crippen LogP contribution in [0.3, 0.4) is 0 Å². The number of ether oxygens (including phenoxy) is 1. The molecule has 0 N–H and O–H groups in total. The highest BCUT2D eigenvalue weighted by atomic mass is 32.2. The molecule has 0 aliphatic carbocycles. The van der Waals surface area contributed by atoms with Crippen molar-refractivity contribution >= 4 is 22.8 Å². The van der Waals surface area contributed by atoms with E-state index in [9.17, 15) is 9.59 Å². The quantitative estimate of drug-likeness (QED) is 0.611. The number of benzene rings is 1. The van der Waals surface area contributed by atoms with Crippen LogP contribution in [0.15, 0.2) is 30.3 Å². The van der Waals surface area contributed by atoms with E-state index in [1.807, 2.05) is 18.2 Å². The molecule has 0 saturated carbocycles. The van der Waals surface area contributed by atoms with Crippen LogP contribution in [0.4, 0.5) is 0 Å². The third-order valence-electron chi connectivity index (χ3n) is 5.64. The van der Waals surface area contributed by atoms with Crippen molar-refractivity contribution < 1.29 is 23.8 Å². The topological polar surface area (TPSA) is 52.6 Å². The van der Waals surface area contributed by atoms with Crippen molar-refractivity contribution in [3.8, 4) is 0 Å². The van der Waals surface area contributed by atoms with Crippen molar-refractivity contribution in [1.29, 1.82) is 0 Å². The third kappa shape index (κ3) is 3.11. The number of hydroxylamine groups is 3. The first kappa shape index (κ1) is 17.1. The Bertz CT molecular complexity index is 667. The van der Waals surface area contributed by atoms with Crippen molar-refractivity contribution in [3.05, 3.63) is 35.9 Å². The highest BCUT2D eigenvalue weighted by Crippen LogP contribution is 2.48. The minimum absolute atomic E-state index is 0.00896. The first-order valence-electron chi connectivity index (χ1n) is 9.02. The summed E-state index contributed by atoms with van der Waals surface area (Å²) in [7, 11) is 0. The van der Waals surface area contributed by atoms with Crippen molar-refractivity contribution in [3.63, 3.8) is 0 Å². The molecule has 0 amide bonds. The molecule has 5 nitrogen and oxygen atoms in total. The average Bonchev–Trinajstić information content (AvgIpc) is 3.05. The van der Waals surface area contributed by atoms with Crippen LogP contribution < -0.4 is 0 Å². The summed E-state index contributed by atoms with van der Waals surface area (Å²) in [5, 5.41) is 0.0636. The molecule has 1 unspecified atom stereocenters. The molecule has 134 valence electrons. The SMILES string of the molecule is CC(=O)S[C@H]1CCOC(=O)[C@H]2[C@@H]1O[N+]1(Cc3ccccc3)CCC[C@H]21. The van der Waals surface area contributed by atoms with E-state index in [-0.39, 0.29) is 34.4 Å². The lowest BCUT2D eigenvalue weighted by molar-refractivity contribution is -1.11. The van der Waals surface area contributed by atoms with Gasteiger partial charge in [-0.1, -0.05) is 42.1 Å². The first-order valence-corrected chi connectivity index (χ1v) is 9.90. The number of nitrogens with zero attached hydrogens (tertiary/aromatic N) is 1. The Balaban J connectivity index is 1.65. The second-order valence-electron chi connectivity index (χ2n) is 7.23. The van der Waals surface area contributed by atoms with Gasteiger partial charge in [0.2, 0.25) is 0 Å². The summed E-state index contributed by atoms with van der Waals surface area (Å²) in [5.74, 6) is -0.401. The van der Waals surface area contributed by atoms with Crippen LogP contribution in [0.1, 0.15) is 31.7 Å². The summed E-state index contributed by atoms with van der Waals surface area (Å²) < 4.78 is 5.98. The number of cyclic esters (lactones) is 1. The third-order valence-corrected chi connectivity index (χ3v) is 6.78. The second kappa shape index (κ2) is 6.74. The van der Waals surface area contributed by atoms with Gasteiger partial charge in [0.05, 0.1) is 6.61 Å². The molecule has 3 fully saturated rings. The lowest BCUT2D eigenvalue weighted by Gasteiger charge is -2.32. The van der Waals surface area contributed by atoms with Crippen molar-refractivity contribution in [2.75, 3.05) is 13.2 Å². The summed E-state index contributed by atoms with van der Waals surface area (Å²) in [4.78, 5) is 31.0. The summed E-state index contributed by atoms with van der Waals surface area (Å²) in [6.45, 7) is 3.64. The van der Waals surface area contributed by atoms with Crippen LogP contribution in [0, 0.1) is 5.92 Å². The summed E-state index contributed by atoms with van der Waals surface area (Å²) in [5.41, 5.74) is 1.22. The molecule has 0 aromatic heterocycles. The standard InChI is InChI=1S/C19H24NO4S/c1-13(21)25-16-9-11-23-19(22)17-15-8-5-10-20(15,24-18(16)17)12-14-6-3-2-4-7-14/h2-4,6-7,15-18H,5,8-12H2,1H3/q+1/t15-,16+,17-,18-,20?/m1/s1. The Hall–Kier alpha value is -1.37. The molecule has 1 aromatic carbocycles. The van der Waals surface area contributed by atoms with Crippen molar-refractivity contribution in [2.24, 2.45) is 5.92 Å². The number of carbonyl (C=O) groups excluding carboxylic acids is 2. The number of esters is 1. The van der Waals surface area contributed by atoms with Crippen LogP contribution in [-0.2, 0) is 25.7 Å². The highest BCUT2D eigenvalue weighted by molar-refractivity contribution is 8.14. The molecule has 5 atom stereocenters. The van der Waals surface area contributed by atoms with Crippen molar-refractivity contribution in [1.82, 2.24) is 0 Å². The largest absolute Gasteiger partial charge is 0.465 e. The molecule has 6 heteroatoms. The number of hydrogen-bond acceptors (Lipinski definition) is 5. The molecule has 25 heavy (non-hydrogen) atoms. The highest BCUT2D eigenvalue weighted by Gasteiger charge is 2.64. The number of quaternary nitrogens is 1. The van der Waals surface area contributed by atoms with Crippen LogP contribution >= 0.6 is 11.8 Å². The van der Waals surface area contributed by atoms with Gasteiger partial charge in [0.15, 0.2) is 5.12 Å².